The zero-order valence-corrected chi connectivity index (χ0v) is 16.2. The zero-order valence-electron chi connectivity index (χ0n) is 15.4. The molecule has 3 aromatic rings. The Morgan fingerprint density at radius 2 is 1.66 bits per heavy atom. The molecule has 2 aromatic carbocycles. The molecule has 0 aliphatic carbocycles. The number of hydrogen-bond acceptors (Lipinski definition) is 5. The van der Waals surface area contributed by atoms with Crippen molar-refractivity contribution in [2.75, 3.05) is 6.54 Å². The average molecular weight is 409 g/mol. The first-order chi connectivity index (χ1) is 14.0. The predicted molar refractivity (Wildman–Crippen MR) is 108 cm³/mol. The van der Waals surface area contributed by atoms with Gasteiger partial charge >= 0.3 is 5.97 Å². The van der Waals surface area contributed by atoms with Gasteiger partial charge in [-0.05, 0) is 30.7 Å². The lowest BCUT2D eigenvalue weighted by Crippen LogP contribution is -2.31. The summed E-state index contributed by atoms with van der Waals surface area (Å²) in [5, 5.41) is 1.20. The molecule has 0 saturated heterocycles. The van der Waals surface area contributed by atoms with Crippen LogP contribution in [0.4, 0.5) is 0 Å². The molecule has 0 bridgehead atoms. The lowest BCUT2D eigenvalue weighted by molar-refractivity contribution is -0.145. The number of fused-ring (bicyclic) bond motifs is 2. The molecule has 0 unspecified atom stereocenters. The number of para-hydroxylation sites is 1. The van der Waals surface area contributed by atoms with Crippen molar-refractivity contribution >= 4 is 40.3 Å². The highest BCUT2D eigenvalue weighted by molar-refractivity contribution is 6.30. The van der Waals surface area contributed by atoms with Gasteiger partial charge in [0.25, 0.3) is 11.8 Å². The van der Waals surface area contributed by atoms with Crippen molar-refractivity contribution in [3.05, 3.63) is 76.4 Å². The third-order valence-electron chi connectivity index (χ3n) is 4.78. The van der Waals surface area contributed by atoms with Crippen LogP contribution >= 0.6 is 11.6 Å². The van der Waals surface area contributed by atoms with Gasteiger partial charge < -0.3 is 4.74 Å². The summed E-state index contributed by atoms with van der Waals surface area (Å²) in [6.45, 7) is 0.183. The van der Waals surface area contributed by atoms with Crippen molar-refractivity contribution in [3.63, 3.8) is 0 Å². The van der Waals surface area contributed by atoms with Gasteiger partial charge in [0.15, 0.2) is 0 Å². The molecule has 1 aliphatic rings. The van der Waals surface area contributed by atoms with E-state index in [9.17, 15) is 14.4 Å². The number of halogens is 1. The number of imide groups is 1. The van der Waals surface area contributed by atoms with Crippen LogP contribution in [-0.4, -0.2) is 34.2 Å². The van der Waals surface area contributed by atoms with Gasteiger partial charge in [0, 0.05) is 23.9 Å². The highest BCUT2D eigenvalue weighted by Gasteiger charge is 2.34. The van der Waals surface area contributed by atoms with Crippen molar-refractivity contribution in [3.8, 4) is 0 Å². The topological polar surface area (TPSA) is 76.6 Å². The van der Waals surface area contributed by atoms with Crippen molar-refractivity contribution in [1.29, 1.82) is 0 Å². The van der Waals surface area contributed by atoms with Crippen LogP contribution in [0.25, 0.3) is 10.9 Å². The number of esters is 1. The highest BCUT2D eigenvalue weighted by Crippen LogP contribution is 2.23. The number of rotatable bonds is 6. The van der Waals surface area contributed by atoms with Crippen molar-refractivity contribution in [2.45, 2.75) is 19.4 Å². The normalized spacial score (nSPS) is 13.1. The van der Waals surface area contributed by atoms with E-state index in [1.165, 1.54) is 4.90 Å². The lowest BCUT2D eigenvalue weighted by atomic mass is 10.1. The lowest BCUT2D eigenvalue weighted by Gasteiger charge is -2.13. The zero-order chi connectivity index (χ0) is 20.4. The largest absolute Gasteiger partial charge is 0.461 e. The first-order valence-electron chi connectivity index (χ1n) is 9.19. The van der Waals surface area contributed by atoms with Crippen LogP contribution in [0.3, 0.4) is 0 Å². The number of carbonyl (C=O) groups excluding carboxylic acids is 3. The Labute approximate surface area is 172 Å². The van der Waals surface area contributed by atoms with E-state index in [2.05, 4.69) is 4.98 Å². The van der Waals surface area contributed by atoms with Gasteiger partial charge in [0.2, 0.25) is 0 Å². The smallest absolute Gasteiger partial charge is 0.306 e. The van der Waals surface area contributed by atoms with Crippen LogP contribution in [-0.2, 0) is 16.1 Å². The molecule has 2 heterocycles. The Hall–Kier alpha value is -3.25. The first kappa shape index (κ1) is 19.1. The highest BCUT2D eigenvalue weighted by atomic mass is 35.5. The fourth-order valence-electron chi connectivity index (χ4n) is 3.29. The average Bonchev–Trinajstić information content (AvgIpc) is 2.97. The molecule has 29 heavy (non-hydrogen) atoms. The predicted octanol–water partition coefficient (Wildman–Crippen LogP) is 4.01. The van der Waals surface area contributed by atoms with Crippen LogP contribution in [0.15, 0.2) is 54.6 Å². The van der Waals surface area contributed by atoms with Crippen molar-refractivity contribution < 1.29 is 19.1 Å². The van der Waals surface area contributed by atoms with Crippen LogP contribution in [0.2, 0.25) is 5.15 Å². The Morgan fingerprint density at radius 1 is 1.00 bits per heavy atom. The van der Waals surface area contributed by atoms with E-state index in [0.29, 0.717) is 28.3 Å². The summed E-state index contributed by atoms with van der Waals surface area (Å²) in [7, 11) is 0. The molecule has 146 valence electrons. The quantitative estimate of drug-likeness (QED) is 0.350. The summed E-state index contributed by atoms with van der Waals surface area (Å²) in [6, 6.07) is 16.1. The summed E-state index contributed by atoms with van der Waals surface area (Å²) in [5.74, 6) is -1.08. The van der Waals surface area contributed by atoms with E-state index in [0.717, 1.165) is 10.9 Å². The van der Waals surface area contributed by atoms with Gasteiger partial charge in [-0.1, -0.05) is 41.9 Å². The number of benzene rings is 2. The van der Waals surface area contributed by atoms with Crippen molar-refractivity contribution in [2.24, 2.45) is 0 Å². The van der Waals surface area contributed by atoms with Gasteiger partial charge in [0.1, 0.15) is 11.8 Å². The maximum Gasteiger partial charge on any atom is 0.306 e. The third kappa shape index (κ3) is 3.84. The van der Waals surface area contributed by atoms with Gasteiger partial charge in [-0.25, -0.2) is 4.98 Å². The van der Waals surface area contributed by atoms with Gasteiger partial charge in [-0.3, -0.25) is 19.3 Å². The maximum atomic E-state index is 12.3. The Kier molecular flexibility index (Phi) is 5.27. The summed E-state index contributed by atoms with van der Waals surface area (Å²) in [6.07, 6.45) is 0.417. The molecule has 2 amide bonds. The van der Waals surface area contributed by atoms with E-state index < -0.39 is 5.97 Å². The summed E-state index contributed by atoms with van der Waals surface area (Å²) in [5.41, 5.74) is 2.20. The number of hydrogen-bond donors (Lipinski definition) is 0. The van der Waals surface area contributed by atoms with E-state index in [-0.39, 0.29) is 31.4 Å². The Morgan fingerprint density at radius 3 is 2.38 bits per heavy atom. The van der Waals surface area contributed by atoms with E-state index in [1.807, 2.05) is 30.3 Å². The summed E-state index contributed by atoms with van der Waals surface area (Å²) >= 11 is 6.17. The minimum Gasteiger partial charge on any atom is -0.461 e. The molecule has 6 nitrogen and oxygen atoms in total. The minimum atomic E-state index is -0.425. The first-order valence-corrected chi connectivity index (χ1v) is 9.57. The fraction of sp³-hybridized carbons (Fsp3) is 0.182. The molecule has 4 rings (SSSR count). The minimum absolute atomic E-state index is 0.0164. The standard InChI is InChI=1S/C22H17ClN2O4/c23-20-15(12-14-6-1-4-9-18(14)24-20)13-29-19(26)10-5-11-25-21(27)16-7-2-3-8-17(16)22(25)28/h1-4,6-9,12H,5,10-11,13H2. The molecule has 0 spiro atoms. The molecule has 1 aliphatic heterocycles. The second-order valence-corrected chi connectivity index (χ2v) is 7.06. The van der Waals surface area contributed by atoms with Gasteiger partial charge in [0.05, 0.1) is 16.6 Å². The third-order valence-corrected chi connectivity index (χ3v) is 5.11. The Balaban J connectivity index is 1.30. The van der Waals surface area contributed by atoms with E-state index in [4.69, 9.17) is 16.3 Å². The molecule has 1 aromatic heterocycles. The van der Waals surface area contributed by atoms with E-state index >= 15 is 0 Å². The summed E-state index contributed by atoms with van der Waals surface area (Å²) < 4.78 is 5.29. The monoisotopic (exact) mass is 408 g/mol. The number of carbonyl (C=O) groups is 3. The molecular weight excluding hydrogens is 392 g/mol. The molecular formula is C22H17ClN2O4. The molecule has 0 atom stereocenters. The van der Waals surface area contributed by atoms with Gasteiger partial charge in [-0.15, -0.1) is 0 Å². The van der Waals surface area contributed by atoms with Crippen LogP contribution in [0.5, 0.6) is 0 Å². The molecule has 0 saturated carbocycles. The van der Waals surface area contributed by atoms with E-state index in [1.54, 1.807) is 24.3 Å². The molecule has 0 N–H and O–H groups in total. The Bertz CT molecular complexity index is 1090. The van der Waals surface area contributed by atoms with Gasteiger partial charge in [-0.2, -0.15) is 0 Å². The molecule has 0 radical (unpaired) electrons. The number of nitrogens with zero attached hydrogens (tertiary/aromatic N) is 2. The second kappa shape index (κ2) is 8.01. The number of ether oxygens (including phenoxy) is 1. The van der Waals surface area contributed by atoms with Crippen LogP contribution in [0.1, 0.15) is 39.1 Å². The number of amides is 2. The SMILES string of the molecule is O=C(CCCN1C(=O)c2ccccc2C1=O)OCc1cc2ccccc2nc1Cl. The van der Waals surface area contributed by atoms with Crippen LogP contribution in [0, 0.1) is 0 Å². The number of pyridine rings is 1. The number of aromatic nitrogens is 1. The maximum absolute atomic E-state index is 12.3. The van der Waals surface area contributed by atoms with Crippen LogP contribution < -0.4 is 0 Å². The van der Waals surface area contributed by atoms with Crippen molar-refractivity contribution in [1.82, 2.24) is 9.88 Å². The second-order valence-electron chi connectivity index (χ2n) is 6.70. The molecule has 0 fully saturated rings. The molecule has 7 heteroatoms. The fourth-order valence-corrected chi connectivity index (χ4v) is 3.49. The summed E-state index contributed by atoms with van der Waals surface area (Å²) in [4.78, 5) is 42.1.